The first-order chi connectivity index (χ1) is 14.4. The molecule has 2 fully saturated rings. The average molecular weight is 431 g/mol. The van der Waals surface area contributed by atoms with E-state index in [-0.39, 0.29) is 22.2 Å². The van der Waals surface area contributed by atoms with Gasteiger partial charge in [0.2, 0.25) is 5.91 Å². The SMILES string of the molecule is Cc1cc(S(=O)(=O)C2CC2)c([C@@H](CC2CCCC2)C(=O)Nc2cnccn2)c(=O)[nH]1. The minimum atomic E-state index is -3.65. The van der Waals surface area contributed by atoms with Crippen LogP contribution in [0.25, 0.3) is 0 Å². The van der Waals surface area contributed by atoms with Crippen molar-refractivity contribution in [3.63, 3.8) is 0 Å². The van der Waals surface area contributed by atoms with E-state index in [1.807, 2.05) is 0 Å². The molecular weight excluding hydrogens is 404 g/mol. The first kappa shape index (κ1) is 20.7. The molecule has 2 aromatic rings. The maximum atomic E-state index is 13.3. The second-order valence-electron chi connectivity index (χ2n) is 8.32. The van der Waals surface area contributed by atoms with Gasteiger partial charge >= 0.3 is 0 Å². The van der Waals surface area contributed by atoms with Crippen molar-refractivity contribution in [2.24, 2.45) is 5.92 Å². The summed E-state index contributed by atoms with van der Waals surface area (Å²) in [6.07, 6.45) is 10.1. The first-order valence-electron chi connectivity index (χ1n) is 10.4. The first-order valence-corrected chi connectivity index (χ1v) is 12.0. The van der Waals surface area contributed by atoms with Crippen LogP contribution < -0.4 is 10.9 Å². The van der Waals surface area contributed by atoms with Gasteiger partial charge in [0.25, 0.3) is 5.56 Å². The van der Waals surface area contributed by atoms with Gasteiger partial charge in [-0.1, -0.05) is 25.7 Å². The van der Waals surface area contributed by atoms with Crippen molar-refractivity contribution < 1.29 is 13.2 Å². The minimum Gasteiger partial charge on any atom is -0.326 e. The number of carbonyl (C=O) groups excluding carboxylic acids is 1. The number of anilines is 1. The van der Waals surface area contributed by atoms with Crippen LogP contribution >= 0.6 is 0 Å². The molecule has 30 heavy (non-hydrogen) atoms. The van der Waals surface area contributed by atoms with Crippen LogP contribution in [0, 0.1) is 12.8 Å². The van der Waals surface area contributed by atoms with Gasteiger partial charge in [-0.3, -0.25) is 14.6 Å². The molecule has 9 heteroatoms. The lowest BCUT2D eigenvalue weighted by Crippen LogP contribution is -2.31. The highest BCUT2D eigenvalue weighted by Gasteiger charge is 2.41. The van der Waals surface area contributed by atoms with Gasteiger partial charge in [0.15, 0.2) is 15.7 Å². The summed E-state index contributed by atoms with van der Waals surface area (Å²) in [6.45, 7) is 1.66. The molecule has 2 N–H and O–H groups in total. The van der Waals surface area contributed by atoms with Crippen molar-refractivity contribution in [1.29, 1.82) is 0 Å². The fourth-order valence-electron chi connectivity index (χ4n) is 4.30. The maximum absolute atomic E-state index is 13.3. The predicted octanol–water partition coefficient (Wildman–Crippen LogP) is 2.71. The van der Waals surface area contributed by atoms with Crippen LogP contribution in [0.4, 0.5) is 5.82 Å². The van der Waals surface area contributed by atoms with Crippen LogP contribution in [0.1, 0.15) is 62.1 Å². The average Bonchev–Trinajstić information content (AvgIpc) is 3.45. The van der Waals surface area contributed by atoms with Crippen molar-refractivity contribution in [3.05, 3.63) is 46.3 Å². The molecule has 4 rings (SSSR count). The highest BCUT2D eigenvalue weighted by atomic mass is 32.2. The van der Waals surface area contributed by atoms with Crippen LogP contribution in [0.15, 0.2) is 34.3 Å². The van der Waals surface area contributed by atoms with Gasteiger partial charge in [0.1, 0.15) is 0 Å². The largest absolute Gasteiger partial charge is 0.326 e. The van der Waals surface area contributed by atoms with E-state index in [1.54, 1.807) is 6.92 Å². The van der Waals surface area contributed by atoms with Gasteiger partial charge in [-0.05, 0) is 38.2 Å². The second kappa shape index (κ2) is 8.29. The van der Waals surface area contributed by atoms with E-state index in [1.165, 1.54) is 24.7 Å². The lowest BCUT2D eigenvalue weighted by molar-refractivity contribution is -0.118. The smallest absolute Gasteiger partial charge is 0.253 e. The Morgan fingerprint density at radius 2 is 1.97 bits per heavy atom. The van der Waals surface area contributed by atoms with Gasteiger partial charge < -0.3 is 10.3 Å². The number of aryl methyl sites for hydroxylation is 1. The Morgan fingerprint density at radius 1 is 1.23 bits per heavy atom. The van der Waals surface area contributed by atoms with Crippen LogP contribution in [-0.2, 0) is 14.6 Å². The fraction of sp³-hybridized carbons (Fsp3) is 0.524. The molecular formula is C21H26N4O4S. The van der Waals surface area contributed by atoms with Crippen LogP contribution in [0.3, 0.4) is 0 Å². The molecule has 0 aromatic carbocycles. The Bertz CT molecular complexity index is 1090. The van der Waals surface area contributed by atoms with Crippen molar-refractivity contribution >= 4 is 21.6 Å². The molecule has 2 aliphatic rings. The molecule has 0 aliphatic heterocycles. The van der Waals surface area contributed by atoms with Gasteiger partial charge in [-0.2, -0.15) is 0 Å². The van der Waals surface area contributed by atoms with Crippen molar-refractivity contribution in [2.45, 2.75) is 67.9 Å². The highest BCUT2D eigenvalue weighted by Crippen LogP contribution is 2.39. The predicted molar refractivity (Wildman–Crippen MR) is 112 cm³/mol. The van der Waals surface area contributed by atoms with E-state index in [0.717, 1.165) is 25.7 Å². The van der Waals surface area contributed by atoms with Gasteiger partial charge in [-0.25, -0.2) is 13.4 Å². The third-order valence-corrected chi connectivity index (χ3v) is 8.26. The summed E-state index contributed by atoms with van der Waals surface area (Å²) in [7, 11) is -3.65. The third kappa shape index (κ3) is 4.30. The summed E-state index contributed by atoms with van der Waals surface area (Å²) in [4.78, 5) is 37.0. The zero-order chi connectivity index (χ0) is 21.3. The summed E-state index contributed by atoms with van der Waals surface area (Å²) in [5, 5.41) is 2.25. The number of pyridine rings is 1. The van der Waals surface area contributed by atoms with E-state index in [4.69, 9.17) is 0 Å². The van der Waals surface area contributed by atoms with E-state index < -0.39 is 32.5 Å². The lowest BCUT2D eigenvalue weighted by Gasteiger charge is -2.22. The Balaban J connectivity index is 1.78. The van der Waals surface area contributed by atoms with E-state index in [0.29, 0.717) is 25.0 Å². The number of hydrogen-bond donors (Lipinski definition) is 2. The minimum absolute atomic E-state index is 0.00328. The van der Waals surface area contributed by atoms with Gasteiger partial charge in [-0.15, -0.1) is 0 Å². The number of aromatic amines is 1. The molecule has 0 saturated heterocycles. The number of amides is 1. The van der Waals surface area contributed by atoms with E-state index in [9.17, 15) is 18.0 Å². The molecule has 1 atom stereocenters. The third-order valence-electron chi connectivity index (χ3n) is 5.96. The second-order valence-corrected chi connectivity index (χ2v) is 10.5. The molecule has 0 unspecified atom stereocenters. The van der Waals surface area contributed by atoms with Crippen molar-refractivity contribution in [3.8, 4) is 0 Å². The zero-order valence-corrected chi connectivity index (χ0v) is 17.7. The Hall–Kier alpha value is -2.55. The molecule has 1 amide bonds. The Morgan fingerprint density at radius 3 is 2.60 bits per heavy atom. The molecule has 0 bridgehead atoms. The summed E-state index contributed by atoms with van der Waals surface area (Å²) >= 11 is 0. The summed E-state index contributed by atoms with van der Waals surface area (Å²) < 4.78 is 26.3. The molecule has 8 nitrogen and oxygen atoms in total. The van der Waals surface area contributed by atoms with Crippen LogP contribution in [0.5, 0.6) is 0 Å². The van der Waals surface area contributed by atoms with E-state index >= 15 is 0 Å². The van der Waals surface area contributed by atoms with Crippen molar-refractivity contribution in [2.75, 3.05) is 5.32 Å². The number of nitrogens with zero attached hydrogens (tertiary/aromatic N) is 2. The molecule has 2 aromatic heterocycles. The molecule has 2 heterocycles. The normalized spacial score (nSPS) is 18.3. The van der Waals surface area contributed by atoms with Crippen LogP contribution in [-0.4, -0.2) is 34.5 Å². The number of carbonyl (C=O) groups is 1. The summed E-state index contributed by atoms with van der Waals surface area (Å²) in [5.41, 5.74) is 0.0178. The molecule has 2 saturated carbocycles. The Labute approximate surface area is 175 Å². The van der Waals surface area contributed by atoms with Crippen LogP contribution in [0.2, 0.25) is 0 Å². The topological polar surface area (TPSA) is 122 Å². The van der Waals surface area contributed by atoms with Gasteiger partial charge in [0.05, 0.1) is 22.3 Å². The standard InChI is InChI=1S/C21H26N4O4S/c1-13-10-17(30(28,29)15-6-7-15)19(21(27)24-13)16(11-14-4-2-3-5-14)20(26)25-18-12-22-8-9-23-18/h8-10,12,14-16H,2-7,11H2,1H3,(H,24,27)(H,23,25,26)/t16-/m1/s1. The van der Waals surface area contributed by atoms with Gasteiger partial charge in [0, 0.05) is 23.7 Å². The Kier molecular flexibility index (Phi) is 5.73. The fourth-order valence-corrected chi connectivity index (χ4v) is 6.30. The number of H-pyrrole nitrogens is 1. The quantitative estimate of drug-likeness (QED) is 0.696. The zero-order valence-electron chi connectivity index (χ0n) is 16.9. The van der Waals surface area contributed by atoms with Crippen molar-refractivity contribution in [1.82, 2.24) is 15.0 Å². The highest BCUT2D eigenvalue weighted by molar-refractivity contribution is 7.92. The monoisotopic (exact) mass is 430 g/mol. The summed E-state index contributed by atoms with van der Waals surface area (Å²) in [6, 6.07) is 1.50. The molecule has 2 aliphatic carbocycles. The number of sulfone groups is 1. The number of rotatable bonds is 7. The molecule has 160 valence electrons. The van der Waals surface area contributed by atoms with E-state index in [2.05, 4.69) is 20.3 Å². The lowest BCUT2D eigenvalue weighted by atomic mass is 9.87. The number of aromatic nitrogens is 3. The molecule has 0 radical (unpaired) electrons. The maximum Gasteiger partial charge on any atom is 0.253 e. The number of hydrogen-bond acceptors (Lipinski definition) is 6. The summed E-state index contributed by atoms with van der Waals surface area (Å²) in [5.74, 6) is -0.749. The molecule has 0 spiro atoms. The number of nitrogens with one attached hydrogen (secondary N) is 2.